The van der Waals surface area contributed by atoms with Gasteiger partial charge in [-0.15, -0.1) is 0 Å². The second kappa shape index (κ2) is 8.38. The van der Waals surface area contributed by atoms with E-state index in [1.54, 1.807) is 43.8 Å². The standard InChI is InChI=1S/C23H21N5O4/c1-14-12-19(32-26-14)22(30)24-17-9-7-8-16(13-17)21(29)25-20-15(2)27(3)28(23(20)31)18-10-5-4-6-11-18/h4-13H,1-3H3,(H,24,30)(H,25,29). The molecule has 2 N–H and O–H groups in total. The average molecular weight is 431 g/mol. The minimum atomic E-state index is -0.479. The molecule has 2 aromatic carbocycles. The summed E-state index contributed by atoms with van der Waals surface area (Å²) in [5, 5.41) is 9.06. The molecule has 2 aromatic heterocycles. The first kappa shape index (κ1) is 20.9. The van der Waals surface area contributed by atoms with Crippen molar-refractivity contribution in [3.05, 3.63) is 93.7 Å². The van der Waals surface area contributed by atoms with Crippen LogP contribution in [0, 0.1) is 13.8 Å². The topological polar surface area (TPSA) is 111 Å². The number of carbonyl (C=O) groups excluding carboxylic acids is 2. The van der Waals surface area contributed by atoms with Crippen LogP contribution in [0.2, 0.25) is 0 Å². The van der Waals surface area contributed by atoms with Crippen molar-refractivity contribution in [3.8, 4) is 5.69 Å². The first-order valence-corrected chi connectivity index (χ1v) is 9.85. The lowest BCUT2D eigenvalue weighted by Gasteiger charge is -2.07. The lowest BCUT2D eigenvalue weighted by atomic mass is 10.1. The van der Waals surface area contributed by atoms with Crippen LogP contribution in [0.1, 0.15) is 32.3 Å². The number of para-hydroxylation sites is 1. The maximum Gasteiger partial charge on any atom is 0.295 e. The predicted molar refractivity (Wildman–Crippen MR) is 119 cm³/mol. The molecule has 0 radical (unpaired) electrons. The second-order valence-electron chi connectivity index (χ2n) is 7.26. The maximum absolute atomic E-state index is 13.0. The molecule has 2 heterocycles. The molecule has 9 nitrogen and oxygen atoms in total. The number of aromatic nitrogens is 3. The van der Waals surface area contributed by atoms with Crippen molar-refractivity contribution in [2.75, 3.05) is 10.6 Å². The molecule has 0 aliphatic carbocycles. The van der Waals surface area contributed by atoms with E-state index in [2.05, 4.69) is 15.8 Å². The van der Waals surface area contributed by atoms with Gasteiger partial charge in [-0.2, -0.15) is 0 Å². The van der Waals surface area contributed by atoms with Gasteiger partial charge in [0.15, 0.2) is 0 Å². The normalized spacial score (nSPS) is 10.7. The van der Waals surface area contributed by atoms with Crippen LogP contribution in [0.4, 0.5) is 11.4 Å². The van der Waals surface area contributed by atoms with E-state index < -0.39 is 11.8 Å². The number of amides is 2. The summed E-state index contributed by atoms with van der Waals surface area (Å²) in [4.78, 5) is 38.2. The minimum Gasteiger partial charge on any atom is -0.351 e. The Kier molecular flexibility index (Phi) is 5.46. The Morgan fingerprint density at radius 1 is 0.938 bits per heavy atom. The Labute approximate surface area is 183 Å². The lowest BCUT2D eigenvalue weighted by Crippen LogP contribution is -2.23. The number of carbonyl (C=O) groups is 2. The van der Waals surface area contributed by atoms with E-state index in [9.17, 15) is 14.4 Å². The highest BCUT2D eigenvalue weighted by Gasteiger charge is 2.19. The molecule has 0 aliphatic heterocycles. The van der Waals surface area contributed by atoms with Crippen molar-refractivity contribution < 1.29 is 14.1 Å². The van der Waals surface area contributed by atoms with Crippen LogP contribution in [0.3, 0.4) is 0 Å². The summed E-state index contributed by atoms with van der Waals surface area (Å²) < 4.78 is 8.12. The summed E-state index contributed by atoms with van der Waals surface area (Å²) in [5.74, 6) is -0.880. The Balaban J connectivity index is 1.57. The zero-order chi connectivity index (χ0) is 22.8. The molecule has 0 saturated carbocycles. The molecule has 162 valence electrons. The summed E-state index contributed by atoms with van der Waals surface area (Å²) in [6.45, 7) is 3.47. The molecule has 0 aliphatic rings. The Morgan fingerprint density at radius 3 is 2.38 bits per heavy atom. The molecule has 32 heavy (non-hydrogen) atoms. The molecule has 0 fully saturated rings. The third-order valence-electron chi connectivity index (χ3n) is 5.03. The number of nitrogens with one attached hydrogen (secondary N) is 2. The zero-order valence-electron chi connectivity index (χ0n) is 17.7. The van der Waals surface area contributed by atoms with Gasteiger partial charge in [0, 0.05) is 24.4 Å². The molecule has 0 unspecified atom stereocenters. The van der Waals surface area contributed by atoms with Crippen LogP contribution in [0.5, 0.6) is 0 Å². The molecular weight excluding hydrogens is 410 g/mol. The molecule has 0 bridgehead atoms. The van der Waals surface area contributed by atoms with Crippen molar-refractivity contribution in [1.82, 2.24) is 14.5 Å². The quantitative estimate of drug-likeness (QED) is 0.504. The smallest absolute Gasteiger partial charge is 0.295 e. The van der Waals surface area contributed by atoms with Crippen molar-refractivity contribution in [3.63, 3.8) is 0 Å². The van der Waals surface area contributed by atoms with Gasteiger partial charge < -0.3 is 15.2 Å². The molecule has 2 amide bonds. The van der Waals surface area contributed by atoms with Crippen molar-refractivity contribution in [2.24, 2.45) is 7.05 Å². The SMILES string of the molecule is Cc1cc(C(=O)Nc2cccc(C(=O)Nc3c(C)n(C)n(-c4ccccc4)c3=O)c2)on1. The fourth-order valence-electron chi connectivity index (χ4n) is 3.30. The van der Waals surface area contributed by atoms with Gasteiger partial charge in [-0.05, 0) is 44.2 Å². The fourth-order valence-corrected chi connectivity index (χ4v) is 3.30. The van der Waals surface area contributed by atoms with E-state index in [0.29, 0.717) is 22.8 Å². The first-order chi connectivity index (χ1) is 15.3. The minimum absolute atomic E-state index is 0.0683. The summed E-state index contributed by atoms with van der Waals surface area (Å²) in [6, 6.07) is 17.1. The largest absolute Gasteiger partial charge is 0.351 e. The molecule has 0 saturated heterocycles. The second-order valence-corrected chi connectivity index (χ2v) is 7.26. The Hall–Kier alpha value is -4.40. The molecule has 4 aromatic rings. The highest BCUT2D eigenvalue weighted by molar-refractivity contribution is 6.06. The van der Waals surface area contributed by atoms with E-state index in [1.807, 2.05) is 30.3 Å². The third kappa shape index (κ3) is 3.95. The van der Waals surface area contributed by atoms with Gasteiger partial charge in [0.25, 0.3) is 17.4 Å². The van der Waals surface area contributed by atoms with Gasteiger partial charge in [-0.25, -0.2) is 4.68 Å². The van der Waals surface area contributed by atoms with E-state index in [4.69, 9.17) is 4.52 Å². The number of rotatable bonds is 5. The van der Waals surface area contributed by atoms with Crippen LogP contribution < -0.4 is 16.2 Å². The zero-order valence-corrected chi connectivity index (χ0v) is 17.7. The van der Waals surface area contributed by atoms with Gasteiger partial charge in [0.1, 0.15) is 5.69 Å². The van der Waals surface area contributed by atoms with Crippen LogP contribution in [0.25, 0.3) is 5.69 Å². The Bertz CT molecular complexity index is 1360. The van der Waals surface area contributed by atoms with Crippen molar-refractivity contribution >= 4 is 23.2 Å². The highest BCUT2D eigenvalue weighted by atomic mass is 16.5. The van der Waals surface area contributed by atoms with Gasteiger partial charge in [-0.3, -0.25) is 19.1 Å². The van der Waals surface area contributed by atoms with Crippen LogP contribution in [0.15, 0.2) is 70.0 Å². The van der Waals surface area contributed by atoms with Gasteiger partial charge in [-0.1, -0.05) is 29.4 Å². The van der Waals surface area contributed by atoms with Crippen LogP contribution >= 0.6 is 0 Å². The summed E-state index contributed by atoms with van der Waals surface area (Å²) >= 11 is 0. The van der Waals surface area contributed by atoms with Gasteiger partial charge in [0.05, 0.1) is 17.1 Å². The number of nitrogens with zero attached hydrogens (tertiary/aromatic N) is 3. The molecular formula is C23H21N5O4. The first-order valence-electron chi connectivity index (χ1n) is 9.85. The van der Waals surface area contributed by atoms with E-state index in [1.165, 1.54) is 16.8 Å². The van der Waals surface area contributed by atoms with E-state index >= 15 is 0 Å². The molecule has 0 atom stereocenters. The number of aryl methyl sites for hydroxylation is 1. The maximum atomic E-state index is 13.0. The Morgan fingerprint density at radius 2 is 1.69 bits per heavy atom. The molecule has 0 spiro atoms. The third-order valence-corrected chi connectivity index (χ3v) is 5.03. The van der Waals surface area contributed by atoms with Crippen molar-refractivity contribution in [2.45, 2.75) is 13.8 Å². The van der Waals surface area contributed by atoms with Crippen molar-refractivity contribution in [1.29, 1.82) is 0 Å². The predicted octanol–water partition coefficient (Wildman–Crippen LogP) is 3.29. The number of hydrogen-bond donors (Lipinski definition) is 2. The van der Waals surface area contributed by atoms with Gasteiger partial charge >= 0.3 is 0 Å². The number of anilines is 2. The fraction of sp³-hybridized carbons (Fsp3) is 0.130. The summed E-state index contributed by atoms with van der Waals surface area (Å²) in [7, 11) is 1.75. The highest BCUT2D eigenvalue weighted by Crippen LogP contribution is 2.17. The molecule has 4 rings (SSSR count). The van der Waals surface area contributed by atoms with Crippen LogP contribution in [-0.2, 0) is 7.05 Å². The molecule has 9 heteroatoms. The average Bonchev–Trinajstić information content (AvgIpc) is 3.31. The summed E-state index contributed by atoms with van der Waals surface area (Å²) in [6.07, 6.45) is 0. The summed E-state index contributed by atoms with van der Waals surface area (Å²) in [5.41, 5.74) is 2.42. The van der Waals surface area contributed by atoms with E-state index in [0.717, 1.165) is 0 Å². The number of hydrogen-bond acceptors (Lipinski definition) is 5. The monoisotopic (exact) mass is 431 g/mol. The lowest BCUT2D eigenvalue weighted by molar-refractivity contribution is 0.0985. The van der Waals surface area contributed by atoms with E-state index in [-0.39, 0.29) is 22.6 Å². The van der Waals surface area contributed by atoms with Crippen LogP contribution in [-0.4, -0.2) is 26.3 Å². The van der Waals surface area contributed by atoms with Gasteiger partial charge in [0.2, 0.25) is 5.76 Å². The number of benzene rings is 2.